The SMILES string of the molecule is NCc1cccn2c(-c3cccc(F)c3)nnc12. The molecule has 2 heterocycles. The maximum Gasteiger partial charge on any atom is 0.168 e. The highest BCUT2D eigenvalue weighted by Gasteiger charge is 2.10. The molecule has 0 saturated heterocycles. The molecule has 0 radical (unpaired) electrons. The summed E-state index contributed by atoms with van der Waals surface area (Å²) in [5.41, 5.74) is 7.96. The Balaban J connectivity index is 2.25. The summed E-state index contributed by atoms with van der Waals surface area (Å²) in [6.07, 6.45) is 1.84. The van der Waals surface area contributed by atoms with E-state index in [1.807, 2.05) is 22.7 Å². The Morgan fingerprint density at radius 3 is 2.83 bits per heavy atom. The normalized spacial score (nSPS) is 11.0. The van der Waals surface area contributed by atoms with Gasteiger partial charge in [0.15, 0.2) is 11.5 Å². The lowest BCUT2D eigenvalue weighted by atomic mass is 10.2. The molecule has 1 aromatic carbocycles. The summed E-state index contributed by atoms with van der Waals surface area (Å²) in [6.45, 7) is 0.394. The van der Waals surface area contributed by atoms with E-state index in [4.69, 9.17) is 5.73 Å². The summed E-state index contributed by atoms with van der Waals surface area (Å²) in [5.74, 6) is 0.319. The molecule has 0 unspecified atom stereocenters. The van der Waals surface area contributed by atoms with Gasteiger partial charge in [0, 0.05) is 23.9 Å². The third-order valence-electron chi connectivity index (χ3n) is 2.82. The van der Waals surface area contributed by atoms with Crippen molar-refractivity contribution in [3.8, 4) is 11.4 Å². The molecule has 0 aliphatic heterocycles. The quantitative estimate of drug-likeness (QED) is 0.747. The number of hydrogen-bond acceptors (Lipinski definition) is 3. The highest BCUT2D eigenvalue weighted by atomic mass is 19.1. The van der Waals surface area contributed by atoms with Gasteiger partial charge in [0.1, 0.15) is 5.82 Å². The second kappa shape index (κ2) is 4.19. The van der Waals surface area contributed by atoms with Crippen LogP contribution in [0.1, 0.15) is 5.56 Å². The highest BCUT2D eigenvalue weighted by molar-refractivity contribution is 5.61. The fourth-order valence-electron chi connectivity index (χ4n) is 1.96. The monoisotopic (exact) mass is 242 g/mol. The van der Waals surface area contributed by atoms with E-state index in [0.29, 0.717) is 23.6 Å². The van der Waals surface area contributed by atoms with E-state index in [-0.39, 0.29) is 5.82 Å². The van der Waals surface area contributed by atoms with Gasteiger partial charge in [-0.15, -0.1) is 10.2 Å². The zero-order valence-electron chi connectivity index (χ0n) is 9.55. The van der Waals surface area contributed by atoms with E-state index in [1.54, 1.807) is 12.1 Å². The van der Waals surface area contributed by atoms with E-state index < -0.39 is 0 Å². The van der Waals surface area contributed by atoms with Crippen LogP contribution in [-0.4, -0.2) is 14.6 Å². The predicted molar refractivity (Wildman–Crippen MR) is 66.3 cm³/mol. The number of pyridine rings is 1. The lowest BCUT2D eigenvalue weighted by Crippen LogP contribution is -2.00. The molecule has 5 heteroatoms. The van der Waals surface area contributed by atoms with Crippen molar-refractivity contribution in [3.63, 3.8) is 0 Å². The molecule has 2 aromatic heterocycles. The molecule has 3 aromatic rings. The van der Waals surface area contributed by atoms with Crippen LogP contribution in [0.2, 0.25) is 0 Å². The third kappa shape index (κ3) is 1.65. The smallest absolute Gasteiger partial charge is 0.168 e. The maximum absolute atomic E-state index is 13.2. The highest BCUT2D eigenvalue weighted by Crippen LogP contribution is 2.20. The van der Waals surface area contributed by atoms with Crippen LogP contribution < -0.4 is 5.73 Å². The molecule has 0 aliphatic carbocycles. The summed E-state index contributed by atoms with van der Waals surface area (Å²) < 4.78 is 15.0. The Morgan fingerprint density at radius 1 is 1.17 bits per heavy atom. The molecule has 18 heavy (non-hydrogen) atoms. The summed E-state index contributed by atoms with van der Waals surface area (Å²) in [5, 5.41) is 8.21. The molecule has 0 atom stereocenters. The van der Waals surface area contributed by atoms with Crippen LogP contribution in [0, 0.1) is 5.82 Å². The van der Waals surface area contributed by atoms with Gasteiger partial charge in [-0.3, -0.25) is 4.40 Å². The molecule has 0 bridgehead atoms. The van der Waals surface area contributed by atoms with Crippen molar-refractivity contribution in [2.75, 3.05) is 0 Å². The van der Waals surface area contributed by atoms with Crippen LogP contribution in [0.5, 0.6) is 0 Å². The van der Waals surface area contributed by atoms with Gasteiger partial charge in [-0.2, -0.15) is 0 Å². The number of benzene rings is 1. The molecule has 2 N–H and O–H groups in total. The molecule has 4 nitrogen and oxygen atoms in total. The molecule has 0 aliphatic rings. The first-order valence-electron chi connectivity index (χ1n) is 5.58. The fraction of sp³-hybridized carbons (Fsp3) is 0.0769. The van der Waals surface area contributed by atoms with E-state index in [0.717, 1.165) is 5.56 Å². The number of halogens is 1. The number of nitrogens with zero attached hydrogens (tertiary/aromatic N) is 3. The molecule has 0 spiro atoms. The van der Waals surface area contributed by atoms with Gasteiger partial charge in [0.2, 0.25) is 0 Å². The zero-order valence-corrected chi connectivity index (χ0v) is 9.55. The van der Waals surface area contributed by atoms with Crippen LogP contribution in [-0.2, 0) is 6.54 Å². The van der Waals surface area contributed by atoms with Gasteiger partial charge < -0.3 is 5.73 Å². The minimum Gasteiger partial charge on any atom is -0.326 e. The Bertz CT molecular complexity index is 705. The van der Waals surface area contributed by atoms with Gasteiger partial charge in [0.05, 0.1) is 0 Å². The molecular formula is C13H11FN4. The third-order valence-corrected chi connectivity index (χ3v) is 2.82. The fourth-order valence-corrected chi connectivity index (χ4v) is 1.96. The van der Waals surface area contributed by atoms with Crippen molar-refractivity contribution in [2.45, 2.75) is 6.54 Å². The van der Waals surface area contributed by atoms with Gasteiger partial charge in [-0.1, -0.05) is 18.2 Å². The van der Waals surface area contributed by atoms with Crippen LogP contribution in [0.4, 0.5) is 4.39 Å². The van der Waals surface area contributed by atoms with Crippen molar-refractivity contribution in [1.82, 2.24) is 14.6 Å². The van der Waals surface area contributed by atoms with Crippen molar-refractivity contribution in [2.24, 2.45) is 5.73 Å². The first kappa shape index (κ1) is 10.9. The van der Waals surface area contributed by atoms with E-state index >= 15 is 0 Å². The molecule has 0 amide bonds. The first-order valence-corrected chi connectivity index (χ1v) is 5.58. The van der Waals surface area contributed by atoms with Crippen LogP contribution in [0.15, 0.2) is 42.6 Å². The van der Waals surface area contributed by atoms with E-state index in [9.17, 15) is 4.39 Å². The van der Waals surface area contributed by atoms with Crippen molar-refractivity contribution < 1.29 is 4.39 Å². The van der Waals surface area contributed by atoms with Gasteiger partial charge >= 0.3 is 0 Å². The summed E-state index contributed by atoms with van der Waals surface area (Å²) in [4.78, 5) is 0. The van der Waals surface area contributed by atoms with Crippen molar-refractivity contribution >= 4 is 5.65 Å². The Labute approximate surface area is 103 Å². The second-order valence-corrected chi connectivity index (χ2v) is 3.97. The lowest BCUT2D eigenvalue weighted by molar-refractivity contribution is 0.628. The Kier molecular flexibility index (Phi) is 2.53. The van der Waals surface area contributed by atoms with Crippen molar-refractivity contribution in [1.29, 1.82) is 0 Å². The van der Waals surface area contributed by atoms with Crippen LogP contribution in [0.3, 0.4) is 0 Å². The van der Waals surface area contributed by atoms with E-state index in [2.05, 4.69) is 10.2 Å². The zero-order chi connectivity index (χ0) is 12.5. The number of aromatic nitrogens is 3. The van der Waals surface area contributed by atoms with E-state index in [1.165, 1.54) is 12.1 Å². The predicted octanol–water partition coefficient (Wildman–Crippen LogP) is 1.99. The molecular weight excluding hydrogens is 231 g/mol. The number of nitrogens with two attached hydrogens (primary N) is 1. The largest absolute Gasteiger partial charge is 0.326 e. The van der Waals surface area contributed by atoms with Gasteiger partial charge in [-0.05, 0) is 18.2 Å². The standard InChI is InChI=1S/C13H11FN4/c14-11-5-1-3-9(7-11)12-16-17-13-10(8-15)4-2-6-18(12)13/h1-7H,8,15H2. The second-order valence-electron chi connectivity index (χ2n) is 3.97. The van der Waals surface area contributed by atoms with Crippen LogP contribution in [0.25, 0.3) is 17.0 Å². The molecule has 90 valence electrons. The number of rotatable bonds is 2. The molecule has 3 rings (SSSR count). The van der Waals surface area contributed by atoms with Crippen molar-refractivity contribution in [3.05, 3.63) is 54.0 Å². The topological polar surface area (TPSA) is 56.2 Å². The summed E-state index contributed by atoms with van der Waals surface area (Å²) >= 11 is 0. The lowest BCUT2D eigenvalue weighted by Gasteiger charge is -2.02. The molecule has 0 saturated carbocycles. The maximum atomic E-state index is 13.2. The van der Waals surface area contributed by atoms with Crippen LogP contribution >= 0.6 is 0 Å². The number of fused-ring (bicyclic) bond motifs is 1. The Hall–Kier alpha value is -2.27. The minimum absolute atomic E-state index is 0.292. The van der Waals surface area contributed by atoms with Gasteiger partial charge in [0.25, 0.3) is 0 Å². The Morgan fingerprint density at radius 2 is 2.06 bits per heavy atom. The summed E-state index contributed by atoms with van der Waals surface area (Å²) in [6, 6.07) is 10.1. The molecule has 0 fully saturated rings. The average molecular weight is 242 g/mol. The summed E-state index contributed by atoms with van der Waals surface area (Å²) in [7, 11) is 0. The average Bonchev–Trinajstić information content (AvgIpc) is 2.82. The first-order chi connectivity index (χ1) is 8.79. The number of hydrogen-bond donors (Lipinski definition) is 1. The minimum atomic E-state index is -0.292. The van der Waals surface area contributed by atoms with Gasteiger partial charge in [-0.25, -0.2) is 4.39 Å².